The van der Waals surface area contributed by atoms with E-state index in [1.807, 2.05) is 6.07 Å². The van der Waals surface area contributed by atoms with Gasteiger partial charge in [0.05, 0.1) is 38.7 Å². The van der Waals surface area contributed by atoms with Gasteiger partial charge in [0.25, 0.3) is 0 Å². The van der Waals surface area contributed by atoms with E-state index in [2.05, 4.69) is 4.72 Å². The minimum atomic E-state index is -3.85. The molecule has 0 spiro atoms. The van der Waals surface area contributed by atoms with Gasteiger partial charge in [0.1, 0.15) is 0 Å². The Bertz CT molecular complexity index is 985. The van der Waals surface area contributed by atoms with E-state index in [1.165, 1.54) is 45.6 Å². The number of nitriles is 1. The van der Waals surface area contributed by atoms with Gasteiger partial charge in [-0.3, -0.25) is 9.52 Å². The highest BCUT2D eigenvalue weighted by Crippen LogP contribution is 2.38. The van der Waals surface area contributed by atoms with Crippen molar-refractivity contribution in [2.45, 2.75) is 18.6 Å². The maximum Gasteiger partial charge on any atom is 0.239 e. The van der Waals surface area contributed by atoms with E-state index in [0.717, 1.165) is 5.56 Å². The average Bonchev–Trinajstić information content (AvgIpc) is 2.71. The Kier molecular flexibility index (Phi) is 7.45. The van der Waals surface area contributed by atoms with E-state index in [1.54, 1.807) is 12.1 Å². The highest BCUT2D eigenvalue weighted by Gasteiger charge is 2.17. The molecule has 0 aliphatic carbocycles. The van der Waals surface area contributed by atoms with Crippen LogP contribution in [0.4, 0.5) is 0 Å². The number of nitrogens with zero attached hydrogens (tertiary/aromatic N) is 1. The lowest BCUT2D eigenvalue weighted by Gasteiger charge is -2.14. The van der Waals surface area contributed by atoms with Gasteiger partial charge in [-0.25, -0.2) is 8.42 Å². The van der Waals surface area contributed by atoms with Crippen molar-refractivity contribution in [1.29, 1.82) is 5.26 Å². The fourth-order valence-electron chi connectivity index (χ4n) is 2.69. The number of carbonyl (C=O) groups excluding carboxylic acids is 1. The van der Waals surface area contributed by atoms with Crippen molar-refractivity contribution in [3.05, 3.63) is 53.1 Å². The van der Waals surface area contributed by atoms with Crippen molar-refractivity contribution in [2.75, 3.05) is 21.3 Å². The Morgan fingerprint density at radius 2 is 1.59 bits per heavy atom. The quantitative estimate of drug-likeness (QED) is 0.663. The predicted molar refractivity (Wildman–Crippen MR) is 106 cm³/mol. The summed E-state index contributed by atoms with van der Waals surface area (Å²) in [5, 5.41) is 8.78. The first-order chi connectivity index (χ1) is 13.8. The first kappa shape index (κ1) is 22.0. The van der Waals surface area contributed by atoms with Gasteiger partial charge >= 0.3 is 0 Å². The maximum absolute atomic E-state index is 12.2. The highest BCUT2D eigenvalue weighted by atomic mass is 32.2. The molecule has 0 fully saturated rings. The average molecular weight is 418 g/mol. The zero-order valence-corrected chi connectivity index (χ0v) is 17.2. The number of methoxy groups -OCH3 is 3. The van der Waals surface area contributed by atoms with E-state index < -0.39 is 15.9 Å². The van der Waals surface area contributed by atoms with E-state index in [9.17, 15) is 13.2 Å². The fourth-order valence-corrected chi connectivity index (χ4v) is 3.85. The fraction of sp³-hybridized carbons (Fsp3) is 0.300. The van der Waals surface area contributed by atoms with Crippen LogP contribution >= 0.6 is 0 Å². The van der Waals surface area contributed by atoms with Crippen LogP contribution in [0.15, 0.2) is 36.4 Å². The summed E-state index contributed by atoms with van der Waals surface area (Å²) in [4.78, 5) is 12.1. The third-order valence-corrected chi connectivity index (χ3v) is 5.33. The number of ether oxygens (including phenoxy) is 3. The zero-order valence-electron chi connectivity index (χ0n) is 16.4. The summed E-state index contributed by atoms with van der Waals surface area (Å²) in [5.74, 6) is 0.376. The Morgan fingerprint density at radius 1 is 1.00 bits per heavy atom. The molecule has 0 unspecified atom stereocenters. The molecule has 2 rings (SSSR count). The topological polar surface area (TPSA) is 115 Å². The van der Waals surface area contributed by atoms with Crippen LogP contribution in [0, 0.1) is 11.3 Å². The van der Waals surface area contributed by atoms with Crippen LogP contribution in [-0.4, -0.2) is 35.7 Å². The molecule has 2 aromatic rings. The summed E-state index contributed by atoms with van der Waals surface area (Å²) in [6.07, 6.45) is 0.250. The molecule has 0 aliphatic rings. The summed E-state index contributed by atoms with van der Waals surface area (Å²) >= 11 is 0. The molecule has 0 radical (unpaired) electrons. The standard InChI is InChI=1S/C20H22N2O6S/c1-26-17-10-16(11-18(27-2)20(17)28-3)8-9-19(23)22-29(24,25)13-15-6-4-14(12-21)5-7-15/h4-7,10-11H,8-9,13H2,1-3H3,(H,22,23). The Labute approximate surface area is 170 Å². The first-order valence-electron chi connectivity index (χ1n) is 8.63. The Balaban J connectivity index is 2.00. The Hall–Kier alpha value is -3.25. The molecule has 2 aromatic carbocycles. The number of nitrogens with one attached hydrogen (secondary N) is 1. The van der Waals surface area contributed by atoms with Crippen LogP contribution in [0.1, 0.15) is 23.1 Å². The van der Waals surface area contributed by atoms with Crippen molar-refractivity contribution in [2.24, 2.45) is 0 Å². The van der Waals surface area contributed by atoms with Gasteiger partial charge < -0.3 is 14.2 Å². The first-order valence-corrected chi connectivity index (χ1v) is 10.3. The monoisotopic (exact) mass is 418 g/mol. The lowest BCUT2D eigenvalue weighted by Crippen LogP contribution is -2.31. The number of amides is 1. The molecular formula is C20H22N2O6S. The number of rotatable bonds is 9. The number of benzene rings is 2. The lowest BCUT2D eigenvalue weighted by atomic mass is 10.1. The van der Waals surface area contributed by atoms with Gasteiger partial charge in [-0.2, -0.15) is 5.26 Å². The largest absolute Gasteiger partial charge is 0.493 e. The summed E-state index contributed by atoms with van der Waals surface area (Å²) in [6, 6.07) is 11.5. The van der Waals surface area contributed by atoms with Gasteiger partial charge in [0.15, 0.2) is 11.5 Å². The van der Waals surface area contributed by atoms with E-state index >= 15 is 0 Å². The molecule has 0 atom stereocenters. The lowest BCUT2D eigenvalue weighted by molar-refractivity contribution is -0.119. The normalized spacial score (nSPS) is 10.7. The molecule has 0 heterocycles. The molecular weight excluding hydrogens is 396 g/mol. The number of hydrogen-bond donors (Lipinski definition) is 1. The number of sulfonamides is 1. The number of carbonyl (C=O) groups is 1. The number of hydrogen-bond acceptors (Lipinski definition) is 7. The van der Waals surface area contributed by atoms with Crippen LogP contribution in [0.3, 0.4) is 0 Å². The molecule has 8 nitrogen and oxygen atoms in total. The second-order valence-corrected chi connectivity index (χ2v) is 7.85. The minimum Gasteiger partial charge on any atom is -0.493 e. The highest BCUT2D eigenvalue weighted by molar-refractivity contribution is 7.89. The second-order valence-electron chi connectivity index (χ2n) is 6.13. The predicted octanol–water partition coefficient (Wildman–Crippen LogP) is 2.16. The summed E-state index contributed by atoms with van der Waals surface area (Å²) in [6.45, 7) is 0. The van der Waals surface area contributed by atoms with Crippen molar-refractivity contribution < 1.29 is 27.4 Å². The summed E-state index contributed by atoms with van der Waals surface area (Å²) in [5.41, 5.74) is 1.65. The molecule has 1 amide bonds. The van der Waals surface area contributed by atoms with E-state index in [0.29, 0.717) is 28.4 Å². The molecule has 0 saturated heterocycles. The maximum atomic E-state index is 12.2. The zero-order chi connectivity index (χ0) is 21.4. The Morgan fingerprint density at radius 3 is 2.07 bits per heavy atom. The van der Waals surface area contributed by atoms with Gasteiger partial charge in [-0.1, -0.05) is 12.1 Å². The van der Waals surface area contributed by atoms with Crippen molar-refractivity contribution >= 4 is 15.9 Å². The minimum absolute atomic E-state index is 0.0365. The van der Waals surface area contributed by atoms with Crippen LogP contribution in [0.25, 0.3) is 0 Å². The van der Waals surface area contributed by atoms with Gasteiger partial charge in [0, 0.05) is 6.42 Å². The van der Waals surface area contributed by atoms with E-state index in [-0.39, 0.29) is 18.6 Å². The molecule has 0 bridgehead atoms. The number of aryl methyl sites for hydroxylation is 1. The molecule has 1 N–H and O–H groups in total. The molecule has 9 heteroatoms. The van der Waals surface area contributed by atoms with Crippen molar-refractivity contribution in [3.63, 3.8) is 0 Å². The van der Waals surface area contributed by atoms with Crippen molar-refractivity contribution in [1.82, 2.24) is 4.72 Å². The van der Waals surface area contributed by atoms with Gasteiger partial charge in [-0.05, 0) is 41.8 Å². The molecule has 29 heavy (non-hydrogen) atoms. The molecule has 0 saturated carbocycles. The van der Waals surface area contributed by atoms with Crippen LogP contribution < -0.4 is 18.9 Å². The summed E-state index contributed by atoms with van der Waals surface area (Å²) in [7, 11) is 0.625. The van der Waals surface area contributed by atoms with Gasteiger partial charge in [-0.15, -0.1) is 0 Å². The smallest absolute Gasteiger partial charge is 0.239 e. The van der Waals surface area contributed by atoms with E-state index in [4.69, 9.17) is 19.5 Å². The third kappa shape index (κ3) is 6.12. The third-order valence-electron chi connectivity index (χ3n) is 4.07. The van der Waals surface area contributed by atoms with Crippen molar-refractivity contribution in [3.8, 4) is 23.3 Å². The molecule has 154 valence electrons. The molecule has 0 aliphatic heterocycles. The van der Waals surface area contributed by atoms with Crippen LogP contribution in [0.5, 0.6) is 17.2 Å². The SMILES string of the molecule is COc1cc(CCC(=O)NS(=O)(=O)Cc2ccc(C#N)cc2)cc(OC)c1OC. The van der Waals surface area contributed by atoms with Gasteiger partial charge in [0.2, 0.25) is 21.7 Å². The van der Waals surface area contributed by atoms with Crippen LogP contribution in [0.2, 0.25) is 0 Å². The second kappa shape index (κ2) is 9.80. The van der Waals surface area contributed by atoms with Crippen LogP contribution in [-0.2, 0) is 27.0 Å². The summed E-state index contributed by atoms with van der Waals surface area (Å²) < 4.78 is 42.3. The molecule has 0 aromatic heterocycles.